The molecule has 0 saturated carbocycles. The number of nitrogens with zero attached hydrogens (tertiary/aromatic N) is 2. The van der Waals surface area contributed by atoms with Crippen molar-refractivity contribution in [1.82, 2.24) is 15.3 Å². The van der Waals surface area contributed by atoms with Crippen LogP contribution in [0.1, 0.15) is 32.4 Å². The maximum atomic E-state index is 13.1. The number of morpholine rings is 1. The van der Waals surface area contributed by atoms with Crippen molar-refractivity contribution in [2.75, 3.05) is 30.0 Å². The van der Waals surface area contributed by atoms with Crippen molar-refractivity contribution >= 4 is 29.3 Å². The van der Waals surface area contributed by atoms with Crippen molar-refractivity contribution in [3.63, 3.8) is 0 Å². The van der Waals surface area contributed by atoms with Crippen LogP contribution in [-0.2, 0) is 14.3 Å². The second kappa shape index (κ2) is 9.17. The minimum absolute atomic E-state index is 0.0445. The molecule has 0 aliphatic carbocycles. The van der Waals surface area contributed by atoms with E-state index in [-0.39, 0.29) is 12.5 Å². The third-order valence-corrected chi connectivity index (χ3v) is 5.11. The van der Waals surface area contributed by atoms with Crippen LogP contribution in [0.2, 0.25) is 0 Å². The first-order valence-electron chi connectivity index (χ1n) is 9.93. The molecule has 10 heteroatoms. The number of aromatic nitrogens is 2. The van der Waals surface area contributed by atoms with Gasteiger partial charge in [0, 0.05) is 35.7 Å². The van der Waals surface area contributed by atoms with Crippen molar-refractivity contribution in [3.05, 3.63) is 42.5 Å². The number of carboxylic acid groups (broad SMARTS) is 1. The van der Waals surface area contributed by atoms with E-state index in [9.17, 15) is 19.5 Å². The normalized spacial score (nSPS) is 16.5. The van der Waals surface area contributed by atoms with Gasteiger partial charge in [0.25, 0.3) is 5.91 Å². The lowest BCUT2D eigenvalue weighted by atomic mass is 9.74. The fourth-order valence-electron chi connectivity index (χ4n) is 3.75. The Morgan fingerprint density at radius 3 is 2.52 bits per heavy atom. The smallest absolute Gasteiger partial charge is 0.405 e. The van der Waals surface area contributed by atoms with Gasteiger partial charge < -0.3 is 30.4 Å². The Hall–Kier alpha value is -3.40. The summed E-state index contributed by atoms with van der Waals surface area (Å²) < 4.78 is 5.14. The summed E-state index contributed by atoms with van der Waals surface area (Å²) in [5.74, 6) is -1.11. The van der Waals surface area contributed by atoms with Crippen LogP contribution >= 0.6 is 0 Å². The first kappa shape index (κ1) is 22.3. The summed E-state index contributed by atoms with van der Waals surface area (Å²) in [5.41, 5.74) is 1.40. The molecule has 1 aromatic carbocycles. The zero-order valence-electron chi connectivity index (χ0n) is 17.7. The third kappa shape index (κ3) is 5.40. The van der Waals surface area contributed by atoms with Crippen LogP contribution < -0.4 is 15.5 Å². The Kier molecular flexibility index (Phi) is 6.59. The minimum Gasteiger partial charge on any atom is -0.465 e. The van der Waals surface area contributed by atoms with Gasteiger partial charge in [-0.05, 0) is 29.7 Å². The number of anilines is 2. The molecule has 0 radical (unpaired) electrons. The molecule has 1 aliphatic heterocycles. The van der Waals surface area contributed by atoms with E-state index in [0.29, 0.717) is 30.2 Å². The monoisotopic (exact) mass is 429 g/mol. The molecule has 0 spiro atoms. The van der Waals surface area contributed by atoms with Gasteiger partial charge in [-0.3, -0.25) is 9.59 Å². The van der Waals surface area contributed by atoms with Gasteiger partial charge in [0.15, 0.2) is 0 Å². The number of hydrogen-bond donors (Lipinski definition) is 4. The molecule has 10 nitrogen and oxygen atoms in total. The van der Waals surface area contributed by atoms with E-state index in [0.717, 1.165) is 0 Å². The highest BCUT2D eigenvalue weighted by Crippen LogP contribution is 2.37. The van der Waals surface area contributed by atoms with Gasteiger partial charge >= 0.3 is 6.09 Å². The van der Waals surface area contributed by atoms with Gasteiger partial charge in [-0.25, -0.2) is 9.78 Å². The van der Waals surface area contributed by atoms with Crippen LogP contribution in [0.4, 0.5) is 16.2 Å². The molecule has 1 fully saturated rings. The van der Waals surface area contributed by atoms with E-state index in [1.165, 1.54) is 6.33 Å². The molecule has 31 heavy (non-hydrogen) atoms. The lowest BCUT2D eigenvalue weighted by molar-refractivity contribution is -0.125. The van der Waals surface area contributed by atoms with Gasteiger partial charge in [-0.1, -0.05) is 20.8 Å². The van der Waals surface area contributed by atoms with Crippen molar-refractivity contribution in [2.45, 2.75) is 32.7 Å². The van der Waals surface area contributed by atoms with Crippen molar-refractivity contribution in [3.8, 4) is 0 Å². The number of carbonyl (C=O) groups excluding carboxylic acids is 2. The lowest BCUT2D eigenvalue weighted by Gasteiger charge is -2.35. The van der Waals surface area contributed by atoms with E-state index >= 15 is 0 Å². The third-order valence-electron chi connectivity index (χ3n) is 5.11. The molecule has 1 aromatic heterocycles. The molecular formula is C21H27N5O5. The van der Waals surface area contributed by atoms with Crippen molar-refractivity contribution in [2.24, 2.45) is 5.41 Å². The number of hydrogen-bond acceptors (Lipinski definition) is 5. The number of rotatable bonds is 6. The second-order valence-electron chi connectivity index (χ2n) is 8.41. The van der Waals surface area contributed by atoms with Gasteiger partial charge in [-0.2, -0.15) is 0 Å². The Balaban J connectivity index is 1.80. The summed E-state index contributed by atoms with van der Waals surface area (Å²) in [6.45, 7) is 6.76. The molecule has 3 rings (SSSR count). The number of amides is 3. The largest absolute Gasteiger partial charge is 0.465 e. The Labute approximate surface area is 180 Å². The summed E-state index contributed by atoms with van der Waals surface area (Å²) in [5, 5.41) is 14.5. The molecule has 1 saturated heterocycles. The van der Waals surface area contributed by atoms with E-state index in [1.54, 1.807) is 35.4 Å². The summed E-state index contributed by atoms with van der Waals surface area (Å²) in [6.07, 6.45) is 1.79. The Morgan fingerprint density at radius 1 is 1.26 bits per heavy atom. The predicted molar refractivity (Wildman–Crippen MR) is 114 cm³/mol. The van der Waals surface area contributed by atoms with Crippen LogP contribution in [0, 0.1) is 5.41 Å². The van der Waals surface area contributed by atoms with Gasteiger partial charge in [-0.15, -0.1) is 0 Å². The number of H-pyrrole nitrogens is 1. The number of carbonyl (C=O) groups is 3. The van der Waals surface area contributed by atoms with Crippen LogP contribution in [0.3, 0.4) is 0 Å². The molecule has 3 amide bonds. The Morgan fingerprint density at radius 2 is 1.97 bits per heavy atom. The topological polar surface area (TPSA) is 137 Å². The predicted octanol–water partition coefficient (Wildman–Crippen LogP) is 2.18. The SMILES string of the molecule is CC(C)(C)[C@@H](c1cnc[nH]1)C(NC(=O)O)C(=O)Nc1ccc(N2CCOCC2=O)cc1. The van der Waals surface area contributed by atoms with E-state index < -0.39 is 29.4 Å². The van der Waals surface area contributed by atoms with Gasteiger partial charge in [0.05, 0.1) is 12.9 Å². The van der Waals surface area contributed by atoms with E-state index in [1.807, 2.05) is 20.8 Å². The highest BCUT2D eigenvalue weighted by Gasteiger charge is 2.40. The highest BCUT2D eigenvalue weighted by atomic mass is 16.5. The molecule has 1 aliphatic rings. The summed E-state index contributed by atoms with van der Waals surface area (Å²) in [7, 11) is 0. The maximum absolute atomic E-state index is 13.1. The average Bonchev–Trinajstić information content (AvgIpc) is 3.21. The first-order valence-corrected chi connectivity index (χ1v) is 9.93. The molecular weight excluding hydrogens is 402 g/mol. The summed E-state index contributed by atoms with van der Waals surface area (Å²) in [4.78, 5) is 45.2. The van der Waals surface area contributed by atoms with Gasteiger partial charge in [0.1, 0.15) is 12.6 Å². The van der Waals surface area contributed by atoms with Crippen molar-refractivity contribution < 1.29 is 24.2 Å². The Bertz CT molecular complexity index is 921. The number of imidazole rings is 1. The quantitative estimate of drug-likeness (QED) is 0.556. The standard InChI is InChI=1S/C21H27N5O5/c1-21(2,3)17(15-10-22-12-23-15)18(25-20(29)30)19(28)24-13-4-6-14(7-5-13)26-8-9-31-11-16(26)27/h4-7,10,12,17-18,25H,8-9,11H2,1-3H3,(H,22,23)(H,24,28)(H,29,30)/t17-,18?/m0/s1. The van der Waals surface area contributed by atoms with E-state index in [4.69, 9.17) is 4.74 Å². The molecule has 1 unspecified atom stereocenters. The van der Waals surface area contributed by atoms with Crippen molar-refractivity contribution in [1.29, 1.82) is 0 Å². The first-order chi connectivity index (χ1) is 14.7. The zero-order valence-corrected chi connectivity index (χ0v) is 17.7. The highest BCUT2D eigenvalue weighted by molar-refractivity contribution is 5.98. The van der Waals surface area contributed by atoms with Crippen LogP contribution in [0.5, 0.6) is 0 Å². The molecule has 2 aromatic rings. The van der Waals surface area contributed by atoms with Crippen LogP contribution in [0.15, 0.2) is 36.8 Å². The minimum atomic E-state index is -1.30. The maximum Gasteiger partial charge on any atom is 0.405 e. The molecule has 2 heterocycles. The number of ether oxygens (including phenoxy) is 1. The number of aromatic amines is 1. The van der Waals surface area contributed by atoms with Crippen LogP contribution in [-0.4, -0.2) is 58.8 Å². The summed E-state index contributed by atoms with van der Waals surface area (Å²) >= 11 is 0. The summed E-state index contributed by atoms with van der Waals surface area (Å²) in [6, 6.07) is 5.76. The molecule has 0 bridgehead atoms. The van der Waals surface area contributed by atoms with Crippen LogP contribution in [0.25, 0.3) is 0 Å². The molecule has 4 N–H and O–H groups in total. The fourth-order valence-corrected chi connectivity index (χ4v) is 3.75. The lowest BCUT2D eigenvalue weighted by Crippen LogP contribution is -2.50. The zero-order chi connectivity index (χ0) is 22.6. The molecule has 166 valence electrons. The molecule has 2 atom stereocenters. The average molecular weight is 429 g/mol. The van der Waals surface area contributed by atoms with E-state index in [2.05, 4.69) is 20.6 Å². The van der Waals surface area contributed by atoms with Gasteiger partial charge in [0.2, 0.25) is 5.91 Å². The number of nitrogens with one attached hydrogen (secondary N) is 3. The fraction of sp³-hybridized carbons (Fsp3) is 0.429. The number of benzene rings is 1. The second-order valence-corrected chi connectivity index (χ2v) is 8.41.